The molecule has 5 atom stereocenters. The average molecular weight is 225 g/mol. The van der Waals surface area contributed by atoms with Crippen LogP contribution in [0.5, 0.6) is 0 Å². The van der Waals surface area contributed by atoms with E-state index in [2.05, 4.69) is 26.1 Å². The SMILES string of the molecule is CC1CC(NC2CCC(C)C(C)C2)CCO1. The van der Waals surface area contributed by atoms with Crippen LogP contribution in [0.15, 0.2) is 0 Å². The van der Waals surface area contributed by atoms with E-state index >= 15 is 0 Å². The molecule has 16 heavy (non-hydrogen) atoms. The predicted octanol–water partition coefficient (Wildman–Crippen LogP) is 2.97. The molecule has 0 aromatic carbocycles. The van der Waals surface area contributed by atoms with Crippen LogP contribution in [0.3, 0.4) is 0 Å². The van der Waals surface area contributed by atoms with Crippen molar-refractivity contribution in [2.24, 2.45) is 11.8 Å². The van der Waals surface area contributed by atoms with Crippen molar-refractivity contribution >= 4 is 0 Å². The zero-order chi connectivity index (χ0) is 11.5. The number of rotatable bonds is 2. The quantitative estimate of drug-likeness (QED) is 0.780. The van der Waals surface area contributed by atoms with Crippen molar-refractivity contribution in [2.45, 2.75) is 71.1 Å². The molecule has 2 heteroatoms. The minimum Gasteiger partial charge on any atom is -0.378 e. The van der Waals surface area contributed by atoms with Crippen LogP contribution in [-0.4, -0.2) is 24.8 Å². The molecule has 2 nitrogen and oxygen atoms in total. The molecule has 2 rings (SSSR count). The minimum atomic E-state index is 0.450. The van der Waals surface area contributed by atoms with Gasteiger partial charge in [-0.1, -0.05) is 13.8 Å². The molecule has 1 saturated heterocycles. The molecule has 1 N–H and O–H groups in total. The van der Waals surface area contributed by atoms with Crippen molar-refractivity contribution in [1.29, 1.82) is 0 Å². The molecule has 1 aliphatic carbocycles. The Balaban J connectivity index is 1.76. The first-order chi connectivity index (χ1) is 7.65. The summed E-state index contributed by atoms with van der Waals surface area (Å²) >= 11 is 0. The molecule has 5 unspecified atom stereocenters. The third-order valence-corrected chi connectivity index (χ3v) is 4.55. The van der Waals surface area contributed by atoms with Crippen LogP contribution in [0, 0.1) is 11.8 Å². The van der Waals surface area contributed by atoms with E-state index in [1.54, 1.807) is 0 Å². The van der Waals surface area contributed by atoms with E-state index in [0.717, 1.165) is 24.5 Å². The smallest absolute Gasteiger partial charge is 0.0561 e. The van der Waals surface area contributed by atoms with Gasteiger partial charge in [-0.3, -0.25) is 0 Å². The lowest BCUT2D eigenvalue weighted by molar-refractivity contribution is 0.00917. The van der Waals surface area contributed by atoms with Crippen molar-refractivity contribution in [3.63, 3.8) is 0 Å². The Morgan fingerprint density at radius 3 is 2.31 bits per heavy atom. The van der Waals surface area contributed by atoms with E-state index in [1.165, 1.54) is 32.1 Å². The van der Waals surface area contributed by atoms with E-state index in [0.29, 0.717) is 12.1 Å². The largest absolute Gasteiger partial charge is 0.378 e. The lowest BCUT2D eigenvalue weighted by atomic mass is 9.79. The van der Waals surface area contributed by atoms with Crippen LogP contribution in [0.1, 0.15) is 52.9 Å². The Kier molecular flexibility index (Phi) is 4.26. The van der Waals surface area contributed by atoms with Gasteiger partial charge in [-0.05, 0) is 50.9 Å². The molecular weight excluding hydrogens is 198 g/mol. The zero-order valence-electron chi connectivity index (χ0n) is 11.0. The van der Waals surface area contributed by atoms with Gasteiger partial charge in [-0.25, -0.2) is 0 Å². The Bertz CT molecular complexity index is 219. The van der Waals surface area contributed by atoms with Gasteiger partial charge in [0.2, 0.25) is 0 Å². The molecule has 0 radical (unpaired) electrons. The van der Waals surface area contributed by atoms with E-state index in [-0.39, 0.29) is 0 Å². The fraction of sp³-hybridized carbons (Fsp3) is 1.00. The first-order valence-corrected chi connectivity index (χ1v) is 7.02. The van der Waals surface area contributed by atoms with Gasteiger partial charge in [0.15, 0.2) is 0 Å². The molecule has 1 aliphatic heterocycles. The number of nitrogens with one attached hydrogen (secondary N) is 1. The number of ether oxygens (including phenoxy) is 1. The van der Waals surface area contributed by atoms with Crippen LogP contribution in [0.25, 0.3) is 0 Å². The second kappa shape index (κ2) is 5.50. The standard InChI is InChI=1S/C14H27NO/c1-10-4-5-13(8-11(10)2)15-14-6-7-16-12(3)9-14/h10-15H,4-9H2,1-3H3. The third kappa shape index (κ3) is 3.21. The van der Waals surface area contributed by atoms with E-state index in [1.807, 2.05) is 0 Å². The van der Waals surface area contributed by atoms with Gasteiger partial charge in [-0.2, -0.15) is 0 Å². The van der Waals surface area contributed by atoms with Crippen LogP contribution < -0.4 is 5.32 Å². The summed E-state index contributed by atoms with van der Waals surface area (Å²) in [5.41, 5.74) is 0. The highest BCUT2D eigenvalue weighted by Gasteiger charge is 2.27. The Labute approximate surface area is 100 Å². The van der Waals surface area contributed by atoms with Gasteiger partial charge in [-0.15, -0.1) is 0 Å². The van der Waals surface area contributed by atoms with Crippen LogP contribution in [-0.2, 0) is 4.74 Å². The maximum Gasteiger partial charge on any atom is 0.0561 e. The van der Waals surface area contributed by atoms with Gasteiger partial charge >= 0.3 is 0 Å². The van der Waals surface area contributed by atoms with E-state index in [9.17, 15) is 0 Å². The van der Waals surface area contributed by atoms with Gasteiger partial charge in [0.25, 0.3) is 0 Å². The highest BCUT2D eigenvalue weighted by molar-refractivity contribution is 4.84. The monoisotopic (exact) mass is 225 g/mol. The highest BCUT2D eigenvalue weighted by atomic mass is 16.5. The molecule has 0 bridgehead atoms. The van der Waals surface area contributed by atoms with Gasteiger partial charge < -0.3 is 10.1 Å². The Hall–Kier alpha value is -0.0800. The molecule has 0 aromatic heterocycles. The van der Waals surface area contributed by atoms with Crippen molar-refractivity contribution in [1.82, 2.24) is 5.32 Å². The van der Waals surface area contributed by atoms with E-state index in [4.69, 9.17) is 4.74 Å². The van der Waals surface area contributed by atoms with E-state index < -0.39 is 0 Å². The highest BCUT2D eigenvalue weighted by Crippen LogP contribution is 2.30. The van der Waals surface area contributed by atoms with Crippen molar-refractivity contribution in [2.75, 3.05) is 6.61 Å². The summed E-state index contributed by atoms with van der Waals surface area (Å²) in [4.78, 5) is 0. The summed E-state index contributed by atoms with van der Waals surface area (Å²) in [6.07, 6.45) is 6.98. The normalized spacial score (nSPS) is 45.6. The molecule has 2 aliphatic rings. The molecule has 1 heterocycles. The minimum absolute atomic E-state index is 0.450. The number of hydrogen-bond donors (Lipinski definition) is 1. The van der Waals surface area contributed by atoms with Gasteiger partial charge in [0.05, 0.1) is 6.10 Å². The van der Waals surface area contributed by atoms with Crippen LogP contribution >= 0.6 is 0 Å². The van der Waals surface area contributed by atoms with Crippen molar-refractivity contribution < 1.29 is 4.74 Å². The van der Waals surface area contributed by atoms with Crippen molar-refractivity contribution in [3.05, 3.63) is 0 Å². The maximum absolute atomic E-state index is 5.60. The third-order valence-electron chi connectivity index (χ3n) is 4.55. The predicted molar refractivity (Wildman–Crippen MR) is 67.5 cm³/mol. The van der Waals surface area contributed by atoms with Crippen LogP contribution in [0.2, 0.25) is 0 Å². The lowest BCUT2D eigenvalue weighted by Crippen LogP contribution is -2.46. The van der Waals surface area contributed by atoms with Gasteiger partial charge in [0.1, 0.15) is 0 Å². The molecule has 94 valence electrons. The summed E-state index contributed by atoms with van der Waals surface area (Å²) in [5.74, 6) is 1.81. The summed E-state index contributed by atoms with van der Waals surface area (Å²) in [7, 11) is 0. The fourth-order valence-corrected chi connectivity index (χ4v) is 3.18. The Morgan fingerprint density at radius 2 is 1.62 bits per heavy atom. The summed E-state index contributed by atoms with van der Waals surface area (Å²) in [5, 5.41) is 3.86. The summed E-state index contributed by atoms with van der Waals surface area (Å²) in [6, 6.07) is 1.47. The molecule has 0 aromatic rings. The zero-order valence-corrected chi connectivity index (χ0v) is 11.0. The Morgan fingerprint density at radius 1 is 0.875 bits per heavy atom. The topological polar surface area (TPSA) is 21.3 Å². The number of hydrogen-bond acceptors (Lipinski definition) is 2. The first-order valence-electron chi connectivity index (χ1n) is 7.02. The molecule has 2 fully saturated rings. The summed E-state index contributed by atoms with van der Waals surface area (Å²) < 4.78 is 5.60. The molecule has 1 saturated carbocycles. The molecule has 0 amide bonds. The average Bonchev–Trinajstić information content (AvgIpc) is 2.24. The fourth-order valence-electron chi connectivity index (χ4n) is 3.18. The first kappa shape index (κ1) is 12.4. The second-order valence-corrected chi connectivity index (χ2v) is 6.03. The molecular formula is C14H27NO. The summed E-state index contributed by atoms with van der Waals surface area (Å²) in [6.45, 7) is 7.94. The lowest BCUT2D eigenvalue weighted by Gasteiger charge is -2.37. The van der Waals surface area contributed by atoms with Gasteiger partial charge in [0, 0.05) is 18.7 Å². The molecule has 0 spiro atoms. The van der Waals surface area contributed by atoms with Crippen molar-refractivity contribution in [3.8, 4) is 0 Å². The van der Waals surface area contributed by atoms with Crippen LogP contribution in [0.4, 0.5) is 0 Å². The second-order valence-electron chi connectivity index (χ2n) is 6.03. The maximum atomic E-state index is 5.60.